The first-order valence-electron chi connectivity index (χ1n) is 9.13. The highest BCUT2D eigenvalue weighted by Crippen LogP contribution is 2.38. The lowest BCUT2D eigenvalue weighted by Crippen LogP contribution is -2.30. The van der Waals surface area contributed by atoms with E-state index >= 15 is 0 Å². The van der Waals surface area contributed by atoms with Crippen molar-refractivity contribution in [1.29, 1.82) is 0 Å². The maximum Gasteiger partial charge on any atom is 0.492 e. The zero-order valence-electron chi connectivity index (χ0n) is 14.8. The lowest BCUT2D eigenvalue weighted by molar-refractivity contribution is 0.425. The van der Waals surface area contributed by atoms with Crippen LogP contribution < -0.4 is 5.46 Å². The fourth-order valence-corrected chi connectivity index (χ4v) is 4.28. The van der Waals surface area contributed by atoms with E-state index in [9.17, 15) is 10.0 Å². The predicted molar refractivity (Wildman–Crippen MR) is 114 cm³/mol. The van der Waals surface area contributed by atoms with Crippen LogP contribution in [0, 0.1) is 0 Å². The van der Waals surface area contributed by atoms with Crippen LogP contribution in [0.5, 0.6) is 0 Å². The third-order valence-electron chi connectivity index (χ3n) is 5.52. The van der Waals surface area contributed by atoms with Gasteiger partial charge in [-0.05, 0) is 50.5 Å². The molecular weight excluding hydrogens is 349 g/mol. The number of aromatic nitrogens is 1. The van der Waals surface area contributed by atoms with Gasteiger partial charge in [-0.25, -0.2) is 0 Å². The molecule has 0 unspecified atom stereocenters. The molecule has 2 aromatic heterocycles. The molecule has 0 spiro atoms. The molecule has 6 rings (SSSR count). The maximum absolute atomic E-state index is 9.69. The fraction of sp³-hybridized carbons (Fsp3) is 0. The number of furan rings is 1. The van der Waals surface area contributed by atoms with E-state index in [-0.39, 0.29) is 0 Å². The Morgan fingerprint density at radius 1 is 0.679 bits per heavy atom. The molecule has 0 radical (unpaired) electrons. The first-order chi connectivity index (χ1) is 13.7. The Bertz CT molecular complexity index is 1550. The molecule has 0 atom stereocenters. The molecule has 4 nitrogen and oxygen atoms in total. The van der Waals surface area contributed by atoms with Gasteiger partial charge in [0.15, 0.2) is 5.58 Å². The Hall–Kier alpha value is -3.41. The van der Waals surface area contributed by atoms with Crippen LogP contribution in [-0.4, -0.2) is 22.2 Å². The summed E-state index contributed by atoms with van der Waals surface area (Å²) in [7, 11) is -1.61. The molecule has 0 aliphatic carbocycles. The molecular formula is C23H14BNO3. The maximum atomic E-state index is 9.69. The Labute approximate surface area is 159 Å². The molecule has 5 heteroatoms. The van der Waals surface area contributed by atoms with E-state index in [0.29, 0.717) is 22.1 Å². The van der Waals surface area contributed by atoms with Gasteiger partial charge in [0.2, 0.25) is 0 Å². The number of hydrogen-bond donors (Lipinski definition) is 2. The van der Waals surface area contributed by atoms with Crippen LogP contribution in [0.3, 0.4) is 0 Å². The molecule has 0 saturated heterocycles. The van der Waals surface area contributed by atoms with Crippen molar-refractivity contribution in [3.05, 3.63) is 72.9 Å². The van der Waals surface area contributed by atoms with Crippen molar-refractivity contribution >= 4 is 67.0 Å². The number of rotatable bonds is 1. The monoisotopic (exact) mass is 363 g/mol. The van der Waals surface area contributed by atoms with E-state index in [1.165, 1.54) is 16.2 Å². The number of pyridine rings is 1. The van der Waals surface area contributed by atoms with E-state index < -0.39 is 7.12 Å². The molecule has 2 heterocycles. The van der Waals surface area contributed by atoms with Crippen LogP contribution >= 0.6 is 0 Å². The summed E-state index contributed by atoms with van der Waals surface area (Å²) in [4.78, 5) is 4.45. The van der Waals surface area contributed by atoms with Crippen LogP contribution in [0.15, 0.2) is 77.3 Å². The van der Waals surface area contributed by atoms with Crippen LogP contribution in [0.4, 0.5) is 0 Å². The van der Waals surface area contributed by atoms with Gasteiger partial charge in [-0.2, -0.15) is 0 Å². The van der Waals surface area contributed by atoms with E-state index in [2.05, 4.69) is 47.4 Å². The summed E-state index contributed by atoms with van der Waals surface area (Å²) in [5.41, 5.74) is 2.06. The minimum atomic E-state index is -1.61. The fourth-order valence-electron chi connectivity index (χ4n) is 4.28. The SMILES string of the molecule is OB(O)c1ccnc2c1oc1cc3c4ccccc4c4ccccc4c3cc12. The highest BCUT2D eigenvalue weighted by molar-refractivity contribution is 6.61. The van der Waals surface area contributed by atoms with Crippen LogP contribution in [-0.2, 0) is 0 Å². The lowest BCUT2D eigenvalue weighted by Gasteiger charge is -2.10. The molecule has 0 aliphatic rings. The Balaban J connectivity index is 1.88. The van der Waals surface area contributed by atoms with Crippen molar-refractivity contribution < 1.29 is 14.5 Å². The van der Waals surface area contributed by atoms with Gasteiger partial charge in [-0.3, -0.25) is 4.98 Å². The average Bonchev–Trinajstić information content (AvgIpc) is 3.10. The first kappa shape index (κ1) is 15.6. The summed E-state index contributed by atoms with van der Waals surface area (Å²) in [5.74, 6) is 0. The quantitative estimate of drug-likeness (QED) is 0.341. The third kappa shape index (κ3) is 2.00. The molecule has 0 amide bonds. The van der Waals surface area contributed by atoms with Gasteiger partial charge < -0.3 is 14.5 Å². The van der Waals surface area contributed by atoms with Crippen molar-refractivity contribution in [3.63, 3.8) is 0 Å². The van der Waals surface area contributed by atoms with Gasteiger partial charge in [-0.15, -0.1) is 0 Å². The zero-order valence-corrected chi connectivity index (χ0v) is 14.8. The Morgan fingerprint density at radius 3 is 1.86 bits per heavy atom. The van der Waals surface area contributed by atoms with E-state index in [0.717, 1.165) is 21.5 Å². The zero-order chi connectivity index (χ0) is 18.8. The Morgan fingerprint density at radius 2 is 1.25 bits per heavy atom. The molecule has 2 N–H and O–H groups in total. The summed E-state index contributed by atoms with van der Waals surface area (Å²) < 4.78 is 6.03. The van der Waals surface area contributed by atoms with E-state index in [1.807, 2.05) is 18.2 Å². The largest absolute Gasteiger partial charge is 0.492 e. The summed E-state index contributed by atoms with van der Waals surface area (Å²) in [5, 5.41) is 27.2. The highest BCUT2D eigenvalue weighted by Gasteiger charge is 2.21. The average molecular weight is 363 g/mol. The molecule has 0 bridgehead atoms. The van der Waals surface area contributed by atoms with Gasteiger partial charge >= 0.3 is 7.12 Å². The molecule has 4 aromatic carbocycles. The first-order valence-corrected chi connectivity index (χ1v) is 9.13. The molecule has 6 aromatic rings. The summed E-state index contributed by atoms with van der Waals surface area (Å²) in [6, 6.07) is 22.5. The van der Waals surface area contributed by atoms with Gasteiger partial charge in [0.25, 0.3) is 0 Å². The summed E-state index contributed by atoms with van der Waals surface area (Å²) in [6.07, 6.45) is 1.58. The topological polar surface area (TPSA) is 66.5 Å². The molecule has 28 heavy (non-hydrogen) atoms. The highest BCUT2D eigenvalue weighted by atomic mass is 16.4. The van der Waals surface area contributed by atoms with Crippen molar-refractivity contribution in [2.75, 3.05) is 0 Å². The minimum Gasteiger partial charge on any atom is -0.455 e. The second-order valence-electron chi connectivity index (χ2n) is 7.04. The van der Waals surface area contributed by atoms with Crippen molar-refractivity contribution in [3.8, 4) is 0 Å². The predicted octanol–water partition coefficient (Wildman–Crippen LogP) is 4.12. The van der Waals surface area contributed by atoms with Gasteiger partial charge in [0.05, 0.1) is 0 Å². The molecule has 0 aliphatic heterocycles. The van der Waals surface area contributed by atoms with Gasteiger partial charge in [0.1, 0.15) is 11.1 Å². The normalized spacial score (nSPS) is 11.9. The second kappa shape index (κ2) is 5.55. The summed E-state index contributed by atoms with van der Waals surface area (Å²) in [6.45, 7) is 0. The van der Waals surface area contributed by atoms with Crippen LogP contribution in [0.25, 0.3) is 54.4 Å². The second-order valence-corrected chi connectivity index (χ2v) is 7.04. The number of fused-ring (bicyclic) bond motifs is 9. The molecule has 132 valence electrons. The van der Waals surface area contributed by atoms with Crippen molar-refractivity contribution in [2.45, 2.75) is 0 Å². The van der Waals surface area contributed by atoms with Crippen molar-refractivity contribution in [1.82, 2.24) is 4.98 Å². The van der Waals surface area contributed by atoms with E-state index in [1.54, 1.807) is 12.3 Å². The third-order valence-corrected chi connectivity index (χ3v) is 5.52. The summed E-state index contributed by atoms with van der Waals surface area (Å²) >= 11 is 0. The number of hydrogen-bond acceptors (Lipinski definition) is 4. The lowest BCUT2D eigenvalue weighted by atomic mass is 9.80. The standard InChI is InChI=1S/C23H14BNO3/c26-24(27)20-9-10-25-22-19-11-17-15-7-3-1-5-13(15)14-6-2-4-8-16(14)18(17)12-21(19)28-23(20)22/h1-12,26-27H. The van der Waals surface area contributed by atoms with Crippen molar-refractivity contribution in [2.24, 2.45) is 0 Å². The minimum absolute atomic E-state index is 0.319. The van der Waals surface area contributed by atoms with Gasteiger partial charge in [-0.1, -0.05) is 48.5 Å². The van der Waals surface area contributed by atoms with E-state index in [4.69, 9.17) is 4.42 Å². The van der Waals surface area contributed by atoms with Crippen LogP contribution in [0.2, 0.25) is 0 Å². The molecule has 0 saturated carbocycles. The number of nitrogens with zero attached hydrogens (tertiary/aromatic N) is 1. The Kier molecular flexibility index (Phi) is 3.10. The molecule has 0 fully saturated rings. The van der Waals surface area contributed by atoms with Crippen LogP contribution in [0.1, 0.15) is 0 Å². The van der Waals surface area contributed by atoms with Gasteiger partial charge in [0, 0.05) is 17.0 Å². The number of benzene rings is 4. The smallest absolute Gasteiger partial charge is 0.455 e.